The second-order valence-electron chi connectivity index (χ2n) is 9.53. The van der Waals surface area contributed by atoms with E-state index in [0.717, 1.165) is 0 Å². The lowest BCUT2D eigenvalue weighted by molar-refractivity contribution is -0.153. The SMILES string of the molecule is CCn1cc(S(=O)(=O)N2C[C@H](CCc3n[nH]c(=O)o3)Oc3ccc(CC(=O)OC(C)(C)C)cc32)c(Cl)n1. The van der Waals surface area contributed by atoms with Gasteiger partial charge in [0.05, 0.1) is 18.7 Å². The van der Waals surface area contributed by atoms with Gasteiger partial charge in [0.25, 0.3) is 10.0 Å². The third-order valence-corrected chi connectivity index (χ3v) is 7.64. The van der Waals surface area contributed by atoms with Crippen LogP contribution >= 0.6 is 11.6 Å². The fourth-order valence-corrected chi connectivity index (χ4v) is 5.82. The minimum absolute atomic E-state index is 0.0470. The van der Waals surface area contributed by atoms with Gasteiger partial charge in [0.15, 0.2) is 5.15 Å². The number of ether oxygens (including phenoxy) is 2. The van der Waals surface area contributed by atoms with Gasteiger partial charge in [0.2, 0.25) is 5.89 Å². The Labute approximate surface area is 218 Å². The molecule has 0 fully saturated rings. The van der Waals surface area contributed by atoms with E-state index in [1.54, 1.807) is 39.0 Å². The van der Waals surface area contributed by atoms with Crippen LogP contribution in [0.25, 0.3) is 0 Å². The summed E-state index contributed by atoms with van der Waals surface area (Å²) in [5, 5.41) is 9.90. The molecule has 0 aliphatic carbocycles. The number of carbonyl (C=O) groups is 1. The number of carbonyl (C=O) groups excluding carboxylic acids is 1. The van der Waals surface area contributed by atoms with Crippen molar-refractivity contribution in [2.24, 2.45) is 0 Å². The third-order valence-electron chi connectivity index (χ3n) is 5.46. The van der Waals surface area contributed by atoms with Crippen LogP contribution in [0.1, 0.15) is 45.6 Å². The molecule has 0 saturated carbocycles. The van der Waals surface area contributed by atoms with Crippen molar-refractivity contribution < 1.29 is 27.1 Å². The highest BCUT2D eigenvalue weighted by atomic mass is 35.5. The first-order valence-electron chi connectivity index (χ1n) is 11.7. The largest absolute Gasteiger partial charge is 0.486 e. The Morgan fingerprint density at radius 1 is 1.32 bits per heavy atom. The number of anilines is 1. The zero-order valence-corrected chi connectivity index (χ0v) is 22.4. The monoisotopic (exact) mass is 553 g/mol. The summed E-state index contributed by atoms with van der Waals surface area (Å²) in [5.41, 5.74) is 0.175. The molecule has 1 N–H and O–H groups in total. The van der Waals surface area contributed by atoms with Crippen LogP contribution in [0.4, 0.5) is 5.69 Å². The fourth-order valence-electron chi connectivity index (χ4n) is 3.87. The van der Waals surface area contributed by atoms with Crippen LogP contribution in [-0.2, 0) is 38.9 Å². The fraction of sp³-hybridized carbons (Fsp3) is 0.478. The number of benzene rings is 1. The quantitative estimate of drug-likeness (QED) is 0.415. The van der Waals surface area contributed by atoms with Crippen molar-refractivity contribution in [2.45, 2.75) is 70.1 Å². The highest BCUT2D eigenvalue weighted by Gasteiger charge is 2.37. The number of rotatable bonds is 8. The number of hydrogen-bond acceptors (Lipinski definition) is 9. The molecule has 2 aromatic heterocycles. The number of nitrogens with one attached hydrogen (secondary N) is 1. The minimum Gasteiger partial charge on any atom is -0.486 e. The van der Waals surface area contributed by atoms with Gasteiger partial charge in [-0.15, -0.1) is 5.10 Å². The molecule has 1 aliphatic heterocycles. The normalized spacial score (nSPS) is 15.8. The number of fused-ring (bicyclic) bond motifs is 1. The summed E-state index contributed by atoms with van der Waals surface area (Å²) in [6, 6.07) is 4.90. The van der Waals surface area contributed by atoms with Crippen LogP contribution in [0.5, 0.6) is 5.75 Å². The molecule has 1 aliphatic rings. The summed E-state index contributed by atoms with van der Waals surface area (Å²) in [5.74, 6) is -0.609. The lowest BCUT2D eigenvalue weighted by Gasteiger charge is -2.35. The molecule has 0 saturated heterocycles. The van der Waals surface area contributed by atoms with Gasteiger partial charge >= 0.3 is 11.7 Å². The van der Waals surface area contributed by atoms with Crippen molar-refractivity contribution in [3.05, 3.63) is 51.6 Å². The Hall–Kier alpha value is -3.32. The van der Waals surface area contributed by atoms with E-state index in [1.807, 2.05) is 6.92 Å². The maximum atomic E-state index is 13.8. The molecule has 12 nitrogen and oxygen atoms in total. The highest BCUT2D eigenvalue weighted by Crippen LogP contribution is 2.39. The number of hydrogen-bond donors (Lipinski definition) is 1. The van der Waals surface area contributed by atoms with Gasteiger partial charge in [-0.05, 0) is 51.8 Å². The maximum Gasteiger partial charge on any atom is 0.434 e. The zero-order valence-electron chi connectivity index (χ0n) is 20.9. The van der Waals surface area contributed by atoms with Gasteiger partial charge < -0.3 is 13.9 Å². The van der Waals surface area contributed by atoms with E-state index in [0.29, 0.717) is 24.3 Å². The molecule has 1 aromatic carbocycles. The van der Waals surface area contributed by atoms with Crippen LogP contribution in [0, 0.1) is 0 Å². The van der Waals surface area contributed by atoms with Crippen LogP contribution in [-0.4, -0.2) is 52.6 Å². The summed E-state index contributed by atoms with van der Waals surface area (Å²) in [7, 11) is -4.15. The minimum atomic E-state index is -4.15. The van der Waals surface area contributed by atoms with E-state index in [4.69, 9.17) is 25.5 Å². The Balaban J connectivity index is 1.67. The first kappa shape index (κ1) is 26.7. The second-order valence-corrected chi connectivity index (χ2v) is 11.7. The molecule has 14 heteroatoms. The Morgan fingerprint density at radius 2 is 2.08 bits per heavy atom. The van der Waals surface area contributed by atoms with Crippen molar-refractivity contribution in [1.82, 2.24) is 20.0 Å². The second kappa shape index (κ2) is 10.2. The predicted molar refractivity (Wildman–Crippen MR) is 133 cm³/mol. The lowest BCUT2D eigenvalue weighted by Crippen LogP contribution is -2.43. The molecule has 0 unspecified atom stereocenters. The van der Waals surface area contributed by atoms with Gasteiger partial charge in [-0.1, -0.05) is 17.7 Å². The Kier molecular flexibility index (Phi) is 7.38. The van der Waals surface area contributed by atoms with E-state index in [1.165, 1.54) is 15.2 Å². The highest BCUT2D eigenvalue weighted by molar-refractivity contribution is 7.93. The number of aromatic nitrogens is 4. The average Bonchev–Trinajstić information content (AvgIpc) is 3.41. The summed E-state index contributed by atoms with van der Waals surface area (Å²) < 4.78 is 46.7. The van der Waals surface area contributed by atoms with E-state index in [2.05, 4.69) is 15.3 Å². The van der Waals surface area contributed by atoms with Crippen molar-refractivity contribution in [2.75, 3.05) is 10.8 Å². The molecule has 1 atom stereocenters. The van der Waals surface area contributed by atoms with Crippen LogP contribution in [0.15, 0.2) is 38.5 Å². The summed E-state index contributed by atoms with van der Waals surface area (Å²) >= 11 is 6.21. The van der Waals surface area contributed by atoms with Gasteiger partial charge in [0, 0.05) is 19.2 Å². The van der Waals surface area contributed by atoms with Crippen molar-refractivity contribution in [3.63, 3.8) is 0 Å². The molecule has 0 spiro atoms. The van der Waals surface area contributed by atoms with Crippen LogP contribution < -0.4 is 14.8 Å². The number of aromatic amines is 1. The first-order chi connectivity index (χ1) is 17.4. The number of esters is 1. The molecule has 0 bridgehead atoms. The molecule has 4 rings (SSSR count). The van der Waals surface area contributed by atoms with E-state index in [-0.39, 0.29) is 41.0 Å². The van der Waals surface area contributed by atoms with Crippen molar-refractivity contribution >= 4 is 33.3 Å². The van der Waals surface area contributed by atoms with Gasteiger partial charge in [-0.2, -0.15) is 5.10 Å². The van der Waals surface area contributed by atoms with Crippen molar-refractivity contribution in [3.8, 4) is 5.75 Å². The van der Waals surface area contributed by atoms with Crippen molar-refractivity contribution in [1.29, 1.82) is 0 Å². The van der Waals surface area contributed by atoms with Crippen LogP contribution in [0.3, 0.4) is 0 Å². The maximum absolute atomic E-state index is 13.8. The number of sulfonamides is 1. The molecule has 0 amide bonds. The van der Waals surface area contributed by atoms with Crippen LogP contribution in [0.2, 0.25) is 5.15 Å². The molecular weight excluding hydrogens is 526 g/mol. The first-order valence-corrected chi connectivity index (χ1v) is 13.5. The van der Waals surface area contributed by atoms with E-state index in [9.17, 15) is 18.0 Å². The molecule has 200 valence electrons. The molecule has 3 aromatic rings. The smallest absolute Gasteiger partial charge is 0.434 e. The van der Waals surface area contributed by atoms with Gasteiger partial charge in [-0.3, -0.25) is 13.8 Å². The van der Waals surface area contributed by atoms with Gasteiger partial charge in [-0.25, -0.2) is 18.3 Å². The predicted octanol–water partition coefficient (Wildman–Crippen LogP) is 2.71. The number of halogens is 1. The van der Waals surface area contributed by atoms with Gasteiger partial charge in [0.1, 0.15) is 22.4 Å². The van der Waals surface area contributed by atoms with E-state index >= 15 is 0 Å². The summed E-state index contributed by atoms with van der Waals surface area (Å²) in [6.07, 6.45) is 1.32. The number of H-pyrrole nitrogens is 1. The number of aryl methyl sites for hydroxylation is 2. The molecular formula is C23H28ClN5O7S. The number of nitrogens with zero attached hydrogens (tertiary/aromatic N) is 4. The zero-order chi connectivity index (χ0) is 27.0. The molecule has 37 heavy (non-hydrogen) atoms. The topological polar surface area (TPSA) is 150 Å². The standard InChI is InChI=1S/C23H28ClN5O7S/c1-5-28-13-18(21(24)27-28)37(32,33)29-12-15(7-9-19-25-26-22(31)35-19)34-17-8-6-14(10-16(17)29)11-20(30)36-23(2,3)4/h6,8,10,13,15H,5,7,9,11-12H2,1-4H3,(H,26,31)/t15-/m0/s1. The van der Waals surface area contributed by atoms with E-state index < -0.39 is 33.5 Å². The summed E-state index contributed by atoms with van der Waals surface area (Å²) in [4.78, 5) is 23.5. The summed E-state index contributed by atoms with van der Waals surface area (Å²) in [6.45, 7) is 7.52. The lowest BCUT2D eigenvalue weighted by atomic mass is 10.1. The Bertz CT molecular complexity index is 1450. The average molecular weight is 554 g/mol. The Morgan fingerprint density at radius 3 is 2.70 bits per heavy atom. The third kappa shape index (κ3) is 6.16. The molecule has 0 radical (unpaired) electrons. The molecule has 3 heterocycles.